The molecule has 9 heteroatoms. The first-order valence-corrected chi connectivity index (χ1v) is 6.59. The predicted octanol–water partition coefficient (Wildman–Crippen LogP) is 2.50. The molecule has 2 rings (SSSR count). The number of nitro groups is 1. The van der Waals surface area contributed by atoms with Gasteiger partial charge in [-0.25, -0.2) is 9.78 Å². The predicted molar refractivity (Wildman–Crippen MR) is 78.1 cm³/mol. The Balaban J connectivity index is 2.29. The molecule has 1 heterocycles. The summed E-state index contributed by atoms with van der Waals surface area (Å²) in [5.74, 6) is -1.36. The molecule has 21 heavy (non-hydrogen) atoms. The number of carboxylic acids is 1. The number of aromatic carboxylic acids is 1. The number of aryl methyl sites for hydroxylation is 1. The number of nitro benzene ring substituents is 1. The van der Waals surface area contributed by atoms with Gasteiger partial charge in [-0.15, -0.1) is 11.3 Å². The van der Waals surface area contributed by atoms with Crippen LogP contribution in [-0.4, -0.2) is 27.2 Å². The largest absolute Gasteiger partial charge is 0.477 e. The number of benzene rings is 1. The van der Waals surface area contributed by atoms with Crippen LogP contribution in [0.5, 0.6) is 0 Å². The molecule has 108 valence electrons. The summed E-state index contributed by atoms with van der Waals surface area (Å²) >= 11 is 1.34. The Morgan fingerprint density at radius 3 is 2.90 bits per heavy atom. The van der Waals surface area contributed by atoms with Gasteiger partial charge in [-0.05, 0) is 19.1 Å². The molecule has 0 amide bonds. The summed E-state index contributed by atoms with van der Waals surface area (Å²) < 4.78 is 0. The quantitative estimate of drug-likeness (QED) is 0.498. The molecule has 2 N–H and O–H groups in total. The molecule has 0 aliphatic carbocycles. The number of hydrazone groups is 1. The monoisotopic (exact) mass is 306 g/mol. The van der Waals surface area contributed by atoms with Gasteiger partial charge in [-0.3, -0.25) is 15.5 Å². The van der Waals surface area contributed by atoms with Crippen molar-refractivity contribution in [1.29, 1.82) is 0 Å². The van der Waals surface area contributed by atoms with Gasteiger partial charge in [-0.1, -0.05) is 6.07 Å². The maximum Gasteiger partial charge on any atom is 0.342 e. The Morgan fingerprint density at radius 2 is 2.33 bits per heavy atom. The number of nitrogens with zero attached hydrogens (tertiary/aromatic N) is 3. The zero-order valence-electron chi connectivity index (χ0n) is 10.8. The van der Waals surface area contributed by atoms with Gasteiger partial charge in [-0.2, -0.15) is 5.10 Å². The molecule has 0 saturated carbocycles. The Bertz CT molecular complexity index is 726. The van der Waals surface area contributed by atoms with Gasteiger partial charge in [0.05, 0.1) is 22.4 Å². The van der Waals surface area contributed by atoms with Crippen molar-refractivity contribution in [1.82, 2.24) is 4.98 Å². The number of rotatable bonds is 5. The number of carboxylic acid groups (broad SMARTS) is 1. The fourth-order valence-electron chi connectivity index (χ4n) is 1.60. The standard InChI is InChI=1S/C12H10N4O4S/c1-7-6-21-12(14-7)15-13-5-8-3-2-4-9(11(17)18)10(8)16(19)20/h2-6H,1H3,(H,14,15)(H,17,18). The van der Waals surface area contributed by atoms with Crippen molar-refractivity contribution in [2.24, 2.45) is 5.10 Å². The minimum Gasteiger partial charge on any atom is -0.477 e. The number of hydrogen-bond acceptors (Lipinski definition) is 7. The van der Waals surface area contributed by atoms with E-state index in [4.69, 9.17) is 5.11 Å². The van der Waals surface area contributed by atoms with Crippen LogP contribution < -0.4 is 5.43 Å². The molecule has 0 unspecified atom stereocenters. The van der Waals surface area contributed by atoms with Crippen LogP contribution in [0.3, 0.4) is 0 Å². The molecule has 0 saturated heterocycles. The molecule has 8 nitrogen and oxygen atoms in total. The second kappa shape index (κ2) is 6.09. The topological polar surface area (TPSA) is 118 Å². The summed E-state index contributed by atoms with van der Waals surface area (Å²) in [7, 11) is 0. The van der Waals surface area contributed by atoms with Crippen molar-refractivity contribution in [3.05, 3.63) is 50.5 Å². The van der Waals surface area contributed by atoms with Crippen molar-refractivity contribution in [2.75, 3.05) is 5.43 Å². The molecule has 0 aliphatic rings. The van der Waals surface area contributed by atoms with Crippen LogP contribution in [0.2, 0.25) is 0 Å². The lowest BCUT2D eigenvalue weighted by molar-refractivity contribution is -0.385. The summed E-state index contributed by atoms with van der Waals surface area (Å²) in [4.78, 5) is 25.4. The number of para-hydroxylation sites is 1. The highest BCUT2D eigenvalue weighted by atomic mass is 32.1. The maximum atomic E-state index is 11.0. The van der Waals surface area contributed by atoms with Crippen LogP contribution in [0.25, 0.3) is 0 Å². The first kappa shape index (κ1) is 14.6. The van der Waals surface area contributed by atoms with Crippen LogP contribution in [0.4, 0.5) is 10.8 Å². The number of thiazole rings is 1. The highest BCUT2D eigenvalue weighted by molar-refractivity contribution is 7.13. The lowest BCUT2D eigenvalue weighted by Crippen LogP contribution is -2.05. The summed E-state index contributed by atoms with van der Waals surface area (Å²) in [6.07, 6.45) is 1.20. The molecule has 1 aromatic heterocycles. The van der Waals surface area contributed by atoms with E-state index in [9.17, 15) is 14.9 Å². The first-order valence-electron chi connectivity index (χ1n) is 5.71. The van der Waals surface area contributed by atoms with Crippen molar-refractivity contribution in [3.63, 3.8) is 0 Å². The molecule has 0 fully saturated rings. The Labute approximate surface area is 122 Å². The zero-order chi connectivity index (χ0) is 15.4. The average molecular weight is 306 g/mol. The molecule has 1 aromatic carbocycles. The van der Waals surface area contributed by atoms with E-state index in [2.05, 4.69) is 15.5 Å². The van der Waals surface area contributed by atoms with Gasteiger partial charge in [0.2, 0.25) is 5.13 Å². The van der Waals surface area contributed by atoms with Gasteiger partial charge in [0.1, 0.15) is 5.56 Å². The lowest BCUT2D eigenvalue weighted by atomic mass is 10.1. The van der Waals surface area contributed by atoms with E-state index in [-0.39, 0.29) is 11.1 Å². The van der Waals surface area contributed by atoms with E-state index in [1.54, 1.807) is 0 Å². The third-order valence-corrected chi connectivity index (χ3v) is 3.33. The first-order chi connectivity index (χ1) is 9.99. The average Bonchev–Trinajstić information content (AvgIpc) is 2.83. The van der Waals surface area contributed by atoms with E-state index < -0.39 is 16.6 Å². The maximum absolute atomic E-state index is 11.0. The summed E-state index contributed by atoms with van der Waals surface area (Å²) in [6.45, 7) is 1.83. The summed E-state index contributed by atoms with van der Waals surface area (Å²) in [5, 5.41) is 26.2. The van der Waals surface area contributed by atoms with Crippen molar-refractivity contribution >= 4 is 34.3 Å². The van der Waals surface area contributed by atoms with Gasteiger partial charge in [0.25, 0.3) is 5.69 Å². The fraction of sp³-hybridized carbons (Fsp3) is 0.0833. The lowest BCUT2D eigenvalue weighted by Gasteiger charge is -2.01. The van der Waals surface area contributed by atoms with Gasteiger partial charge in [0.15, 0.2) is 0 Å². The van der Waals surface area contributed by atoms with Crippen molar-refractivity contribution < 1.29 is 14.8 Å². The summed E-state index contributed by atoms with van der Waals surface area (Å²) in [6, 6.07) is 4.02. The van der Waals surface area contributed by atoms with Gasteiger partial charge >= 0.3 is 5.97 Å². The molecule has 0 aliphatic heterocycles. The minimum atomic E-state index is -1.36. The Hall–Kier alpha value is -2.81. The fourth-order valence-corrected chi connectivity index (χ4v) is 2.24. The van der Waals surface area contributed by atoms with Crippen molar-refractivity contribution in [3.8, 4) is 0 Å². The molecular weight excluding hydrogens is 296 g/mol. The number of nitrogens with one attached hydrogen (secondary N) is 1. The van der Waals surface area contributed by atoms with Crippen molar-refractivity contribution in [2.45, 2.75) is 6.92 Å². The van der Waals surface area contributed by atoms with E-state index in [1.807, 2.05) is 12.3 Å². The molecular formula is C12H10N4O4S. The minimum absolute atomic E-state index is 0.0979. The number of hydrogen-bond donors (Lipinski definition) is 2. The van der Waals surface area contributed by atoms with Crippen LogP contribution in [-0.2, 0) is 0 Å². The molecule has 0 radical (unpaired) electrons. The number of carbonyl (C=O) groups is 1. The van der Waals surface area contributed by atoms with Crippen LogP contribution in [0.15, 0.2) is 28.7 Å². The molecule has 0 atom stereocenters. The van der Waals surface area contributed by atoms with Gasteiger partial charge in [0, 0.05) is 5.38 Å². The second-order valence-corrected chi connectivity index (χ2v) is 4.83. The molecule has 2 aromatic rings. The second-order valence-electron chi connectivity index (χ2n) is 3.97. The third kappa shape index (κ3) is 3.39. The van der Waals surface area contributed by atoms with E-state index in [1.165, 1.54) is 35.8 Å². The van der Waals surface area contributed by atoms with Crippen LogP contribution >= 0.6 is 11.3 Å². The molecule has 0 bridgehead atoms. The normalized spacial score (nSPS) is 10.7. The Morgan fingerprint density at radius 1 is 1.57 bits per heavy atom. The zero-order valence-corrected chi connectivity index (χ0v) is 11.6. The number of aromatic nitrogens is 1. The van der Waals surface area contributed by atoms with E-state index in [0.717, 1.165) is 5.69 Å². The highest BCUT2D eigenvalue weighted by Crippen LogP contribution is 2.22. The third-order valence-electron chi connectivity index (χ3n) is 2.46. The Kier molecular flexibility index (Phi) is 4.24. The van der Waals surface area contributed by atoms with Crippen LogP contribution in [0, 0.1) is 17.0 Å². The van der Waals surface area contributed by atoms with E-state index >= 15 is 0 Å². The SMILES string of the molecule is Cc1csc(NN=Cc2cccc(C(=O)O)c2[N+](=O)[O-])n1. The summed E-state index contributed by atoms with van der Waals surface area (Å²) in [5.41, 5.74) is 2.69. The molecule has 0 spiro atoms. The highest BCUT2D eigenvalue weighted by Gasteiger charge is 2.23. The van der Waals surface area contributed by atoms with Crippen LogP contribution in [0.1, 0.15) is 21.6 Å². The van der Waals surface area contributed by atoms with E-state index in [0.29, 0.717) is 5.13 Å². The smallest absolute Gasteiger partial charge is 0.342 e. The number of anilines is 1. The van der Waals surface area contributed by atoms with Gasteiger partial charge < -0.3 is 5.11 Å².